The quantitative estimate of drug-likeness (QED) is 0.392. The molecule has 0 atom stereocenters. The van der Waals surface area contributed by atoms with Crippen molar-refractivity contribution in [3.63, 3.8) is 0 Å². The van der Waals surface area contributed by atoms with Crippen LogP contribution in [0.25, 0.3) is 11.1 Å². The Morgan fingerprint density at radius 2 is 1.66 bits per heavy atom. The SMILES string of the molecule is CCOC(=O)COc1ccc2c(c1)CCN(Cc1cccc(-c3ccc(C(F)(F)F)cc3)c1)CC2. The zero-order valence-corrected chi connectivity index (χ0v) is 19.6. The van der Waals surface area contributed by atoms with Crippen LogP contribution in [-0.2, 0) is 35.1 Å². The van der Waals surface area contributed by atoms with Gasteiger partial charge >= 0.3 is 12.1 Å². The zero-order chi connectivity index (χ0) is 24.8. The second kappa shape index (κ2) is 11.0. The lowest BCUT2D eigenvalue weighted by molar-refractivity contribution is -0.145. The number of rotatable bonds is 7. The predicted molar refractivity (Wildman–Crippen MR) is 128 cm³/mol. The zero-order valence-electron chi connectivity index (χ0n) is 19.6. The third kappa shape index (κ3) is 6.63. The largest absolute Gasteiger partial charge is 0.482 e. The maximum absolute atomic E-state index is 12.9. The highest BCUT2D eigenvalue weighted by Crippen LogP contribution is 2.31. The Bertz CT molecular complexity index is 1160. The molecular formula is C28H28F3NO3. The second-order valence-electron chi connectivity index (χ2n) is 8.58. The van der Waals surface area contributed by atoms with Gasteiger partial charge in [-0.1, -0.05) is 36.4 Å². The molecule has 1 heterocycles. The highest BCUT2D eigenvalue weighted by atomic mass is 19.4. The van der Waals surface area contributed by atoms with Gasteiger partial charge in [0.1, 0.15) is 5.75 Å². The van der Waals surface area contributed by atoms with Crippen LogP contribution in [-0.4, -0.2) is 37.2 Å². The maximum atomic E-state index is 12.9. The monoisotopic (exact) mass is 483 g/mol. The fourth-order valence-electron chi connectivity index (χ4n) is 4.30. The van der Waals surface area contributed by atoms with Gasteiger partial charge in [-0.25, -0.2) is 4.79 Å². The van der Waals surface area contributed by atoms with Crippen molar-refractivity contribution >= 4 is 5.97 Å². The van der Waals surface area contributed by atoms with Crippen molar-refractivity contribution in [2.45, 2.75) is 32.5 Å². The highest BCUT2D eigenvalue weighted by Gasteiger charge is 2.30. The number of fused-ring (bicyclic) bond motifs is 1. The lowest BCUT2D eigenvalue weighted by Crippen LogP contribution is -2.25. The van der Waals surface area contributed by atoms with Gasteiger partial charge in [-0.15, -0.1) is 0 Å². The standard InChI is InChI=1S/C28H28F3NO3/c1-2-34-27(33)19-35-26-11-8-22-12-14-32(15-13-24(22)17-26)18-20-4-3-5-23(16-20)21-6-9-25(10-7-21)28(29,30)31/h3-11,16-17H,2,12-15,18-19H2,1H3. The number of carbonyl (C=O) groups excluding carboxylic acids is 1. The average Bonchev–Trinajstić information content (AvgIpc) is 3.04. The van der Waals surface area contributed by atoms with E-state index >= 15 is 0 Å². The number of hydrogen-bond donors (Lipinski definition) is 0. The molecule has 1 aliphatic rings. The van der Waals surface area contributed by atoms with E-state index in [1.165, 1.54) is 23.3 Å². The molecule has 1 aliphatic heterocycles. The first-order chi connectivity index (χ1) is 16.8. The minimum absolute atomic E-state index is 0.103. The number of carbonyl (C=O) groups is 1. The van der Waals surface area contributed by atoms with Crippen molar-refractivity contribution in [3.05, 3.63) is 89.0 Å². The maximum Gasteiger partial charge on any atom is 0.416 e. The molecule has 0 bridgehead atoms. The van der Waals surface area contributed by atoms with Crippen LogP contribution in [0.4, 0.5) is 13.2 Å². The van der Waals surface area contributed by atoms with Gasteiger partial charge in [-0.3, -0.25) is 4.90 Å². The van der Waals surface area contributed by atoms with Crippen molar-refractivity contribution in [2.75, 3.05) is 26.3 Å². The van der Waals surface area contributed by atoms with Gasteiger partial charge in [0.2, 0.25) is 0 Å². The minimum Gasteiger partial charge on any atom is -0.482 e. The summed E-state index contributed by atoms with van der Waals surface area (Å²) in [7, 11) is 0. The first kappa shape index (κ1) is 24.8. The van der Waals surface area contributed by atoms with E-state index in [0.717, 1.165) is 61.3 Å². The molecule has 4 nitrogen and oxygen atoms in total. The molecule has 0 aliphatic carbocycles. The van der Waals surface area contributed by atoms with Crippen LogP contribution in [0.15, 0.2) is 66.7 Å². The summed E-state index contributed by atoms with van der Waals surface area (Å²) in [5, 5.41) is 0. The van der Waals surface area contributed by atoms with E-state index < -0.39 is 11.7 Å². The van der Waals surface area contributed by atoms with Crippen molar-refractivity contribution in [1.82, 2.24) is 4.90 Å². The van der Waals surface area contributed by atoms with Gasteiger partial charge in [-0.05, 0) is 77.9 Å². The molecular weight excluding hydrogens is 455 g/mol. The number of ether oxygens (including phenoxy) is 2. The molecule has 0 N–H and O–H groups in total. The molecule has 0 amide bonds. The summed E-state index contributed by atoms with van der Waals surface area (Å²) in [4.78, 5) is 13.9. The molecule has 0 fully saturated rings. The van der Waals surface area contributed by atoms with E-state index in [0.29, 0.717) is 12.4 Å². The van der Waals surface area contributed by atoms with E-state index in [-0.39, 0.29) is 12.6 Å². The summed E-state index contributed by atoms with van der Waals surface area (Å²) < 4.78 is 49.1. The Kier molecular flexibility index (Phi) is 7.76. The van der Waals surface area contributed by atoms with E-state index in [2.05, 4.69) is 11.0 Å². The van der Waals surface area contributed by atoms with Crippen molar-refractivity contribution in [2.24, 2.45) is 0 Å². The van der Waals surface area contributed by atoms with Gasteiger partial charge < -0.3 is 9.47 Å². The molecule has 0 spiro atoms. The number of nitrogens with zero attached hydrogens (tertiary/aromatic N) is 1. The summed E-state index contributed by atoms with van der Waals surface area (Å²) in [6.07, 6.45) is -2.56. The molecule has 0 saturated carbocycles. The molecule has 4 rings (SSSR count). The molecule has 0 radical (unpaired) electrons. The Balaban J connectivity index is 1.38. The smallest absolute Gasteiger partial charge is 0.416 e. The molecule has 0 unspecified atom stereocenters. The number of benzene rings is 3. The molecule has 184 valence electrons. The van der Waals surface area contributed by atoms with Crippen LogP contribution in [0.1, 0.15) is 29.2 Å². The number of hydrogen-bond acceptors (Lipinski definition) is 4. The lowest BCUT2D eigenvalue weighted by atomic mass is 10.0. The second-order valence-corrected chi connectivity index (χ2v) is 8.58. The molecule has 3 aromatic rings. The van der Waals surface area contributed by atoms with Crippen molar-refractivity contribution in [1.29, 1.82) is 0 Å². The van der Waals surface area contributed by atoms with Crippen LogP contribution < -0.4 is 4.74 Å². The Morgan fingerprint density at radius 1 is 0.914 bits per heavy atom. The lowest BCUT2D eigenvalue weighted by Gasteiger charge is -2.20. The van der Waals surface area contributed by atoms with Crippen LogP contribution in [0.5, 0.6) is 5.75 Å². The summed E-state index contributed by atoms with van der Waals surface area (Å²) in [5.74, 6) is 0.279. The molecule has 7 heteroatoms. The van der Waals surface area contributed by atoms with Crippen LogP contribution in [0.3, 0.4) is 0 Å². The summed E-state index contributed by atoms with van der Waals surface area (Å²) in [6.45, 7) is 4.52. The Labute approximate surface area is 203 Å². The molecule has 35 heavy (non-hydrogen) atoms. The van der Waals surface area contributed by atoms with Gasteiger partial charge in [0, 0.05) is 19.6 Å². The van der Waals surface area contributed by atoms with E-state index in [4.69, 9.17) is 9.47 Å². The van der Waals surface area contributed by atoms with E-state index in [1.807, 2.05) is 36.4 Å². The first-order valence-electron chi connectivity index (χ1n) is 11.7. The number of alkyl halides is 3. The summed E-state index contributed by atoms with van der Waals surface area (Å²) in [6, 6.07) is 19.2. The normalized spacial score (nSPS) is 14.2. The van der Waals surface area contributed by atoms with Gasteiger partial charge in [0.05, 0.1) is 12.2 Å². The van der Waals surface area contributed by atoms with Gasteiger partial charge in [0.15, 0.2) is 6.61 Å². The Morgan fingerprint density at radius 3 is 2.37 bits per heavy atom. The van der Waals surface area contributed by atoms with Crippen LogP contribution >= 0.6 is 0 Å². The average molecular weight is 484 g/mol. The highest BCUT2D eigenvalue weighted by molar-refractivity contribution is 5.71. The van der Waals surface area contributed by atoms with Gasteiger partial charge in [0.25, 0.3) is 0 Å². The number of halogens is 3. The van der Waals surface area contributed by atoms with Crippen molar-refractivity contribution in [3.8, 4) is 16.9 Å². The van der Waals surface area contributed by atoms with Crippen LogP contribution in [0.2, 0.25) is 0 Å². The molecule has 3 aromatic carbocycles. The fourth-order valence-corrected chi connectivity index (χ4v) is 4.30. The van der Waals surface area contributed by atoms with Crippen molar-refractivity contribution < 1.29 is 27.4 Å². The molecule has 0 saturated heterocycles. The van der Waals surface area contributed by atoms with E-state index in [9.17, 15) is 18.0 Å². The third-order valence-corrected chi connectivity index (χ3v) is 6.11. The molecule has 0 aromatic heterocycles. The minimum atomic E-state index is -4.33. The number of esters is 1. The van der Waals surface area contributed by atoms with Crippen LogP contribution in [0, 0.1) is 0 Å². The topological polar surface area (TPSA) is 38.8 Å². The first-order valence-corrected chi connectivity index (χ1v) is 11.7. The van der Waals surface area contributed by atoms with E-state index in [1.54, 1.807) is 6.92 Å². The summed E-state index contributed by atoms with van der Waals surface area (Å²) in [5.41, 5.74) is 4.63. The third-order valence-electron chi connectivity index (χ3n) is 6.11. The Hall–Kier alpha value is -3.32. The fraction of sp³-hybridized carbons (Fsp3) is 0.321. The van der Waals surface area contributed by atoms with Gasteiger partial charge in [-0.2, -0.15) is 13.2 Å². The summed E-state index contributed by atoms with van der Waals surface area (Å²) >= 11 is 0. The predicted octanol–water partition coefficient (Wildman–Crippen LogP) is 5.92.